The minimum absolute atomic E-state index is 0.0262. The number of amides is 1. The number of β-lactam (4-membered cyclic amide) rings is 1. The highest BCUT2D eigenvalue weighted by Gasteiger charge is 2.60. The molecule has 8 nitrogen and oxygen atoms in total. The van der Waals surface area contributed by atoms with Crippen LogP contribution in [0.1, 0.15) is 18.7 Å². The van der Waals surface area contributed by atoms with Crippen LogP contribution in [-0.4, -0.2) is 65.6 Å². The van der Waals surface area contributed by atoms with E-state index in [1.807, 2.05) is 17.6 Å². The molecule has 1 saturated heterocycles. The highest BCUT2D eigenvalue weighted by atomic mass is 32.2. The zero-order valence-corrected chi connectivity index (χ0v) is 18.0. The second-order valence-corrected chi connectivity index (χ2v) is 10.0. The molecule has 2 aliphatic rings. The third-order valence-corrected chi connectivity index (χ3v) is 8.09. The first-order valence-electron chi connectivity index (χ1n) is 8.57. The molecule has 0 aliphatic carbocycles. The maximum atomic E-state index is 12.5. The number of carbonyl (C=O) groups excluding carboxylic acids is 1. The van der Waals surface area contributed by atoms with Crippen LogP contribution in [0, 0.1) is 11.8 Å². The number of hydrogen-bond donors (Lipinski definition) is 2. The number of thioether (sulfide) groups is 1. The van der Waals surface area contributed by atoms with Gasteiger partial charge in [-0.2, -0.15) is 4.98 Å². The van der Waals surface area contributed by atoms with Gasteiger partial charge in [-0.15, -0.1) is 11.3 Å². The lowest BCUT2D eigenvalue weighted by Crippen LogP contribution is -2.63. The molecule has 2 N–H and O–H groups in total. The molecule has 1 unspecified atom stereocenters. The van der Waals surface area contributed by atoms with Crippen molar-refractivity contribution in [2.24, 2.45) is 11.8 Å². The largest absolute Gasteiger partial charge is 0.610 e. The molecule has 28 heavy (non-hydrogen) atoms. The van der Waals surface area contributed by atoms with Gasteiger partial charge < -0.3 is 19.7 Å². The molecule has 0 radical (unpaired) electrons. The number of thiazole rings is 1. The van der Waals surface area contributed by atoms with Gasteiger partial charge in [0.25, 0.3) is 5.03 Å². The summed E-state index contributed by atoms with van der Waals surface area (Å²) in [6.07, 6.45) is 4.39. The van der Waals surface area contributed by atoms with Gasteiger partial charge in [0.05, 0.1) is 22.9 Å². The molecule has 0 bridgehead atoms. The van der Waals surface area contributed by atoms with E-state index < -0.39 is 29.2 Å². The number of fused-ring (bicyclic) bond motifs is 2. The van der Waals surface area contributed by atoms with Gasteiger partial charge in [0.2, 0.25) is 5.91 Å². The van der Waals surface area contributed by atoms with Crippen molar-refractivity contribution in [3.8, 4) is 0 Å². The third-order valence-electron chi connectivity index (χ3n) is 5.35. The Bertz CT molecular complexity index is 1020. The molecule has 2 aromatic rings. The van der Waals surface area contributed by atoms with E-state index in [1.165, 1.54) is 28.0 Å². The maximum absolute atomic E-state index is 12.5. The smallest absolute Gasteiger partial charge is 0.352 e. The summed E-state index contributed by atoms with van der Waals surface area (Å²) in [5.41, 5.74) is 0.546. The predicted molar refractivity (Wildman–Crippen MR) is 107 cm³/mol. The number of imidazole rings is 1. The first-order valence-corrected chi connectivity index (χ1v) is 12.2. The fraction of sp³-hybridized carbons (Fsp3) is 0.471. The Balaban J connectivity index is 1.88. The maximum Gasteiger partial charge on any atom is 0.352 e. The SMILES string of the molecule is CSc1nc([S+](C)[O-])c2sc(C3=C(C(=O)O)N4C(=O)[C@H]([C@@H](C)O)[C@H]4[C@H]3C)cn12. The zero-order valence-electron chi connectivity index (χ0n) is 15.6. The Morgan fingerprint density at radius 2 is 2.18 bits per heavy atom. The zero-order chi connectivity index (χ0) is 20.5. The standard InChI is InChI=1S/C17H19N3O5S3/c1-6-9(12(16(23)24)20-11(6)10(7(2)21)14(20)22)8-5-19-15(27-8)13(28(4)25)18-17(19)26-3/h5-7,10-11,21H,1-4H3,(H,23,24)/t6-,7+,10+,11+,28?/m0/s1. The van der Waals surface area contributed by atoms with Gasteiger partial charge in [-0.25, -0.2) is 4.79 Å². The lowest BCUT2D eigenvalue weighted by Gasteiger charge is -2.46. The van der Waals surface area contributed by atoms with Crippen molar-refractivity contribution in [3.63, 3.8) is 0 Å². The van der Waals surface area contributed by atoms with Crippen molar-refractivity contribution in [1.29, 1.82) is 0 Å². The van der Waals surface area contributed by atoms with E-state index in [0.717, 1.165) is 0 Å². The summed E-state index contributed by atoms with van der Waals surface area (Å²) in [6.45, 7) is 3.44. The lowest BCUT2D eigenvalue weighted by molar-refractivity contribution is -0.163. The van der Waals surface area contributed by atoms with Gasteiger partial charge >= 0.3 is 5.97 Å². The molecule has 1 fully saturated rings. The average Bonchev–Trinajstić information content (AvgIpc) is 3.22. The summed E-state index contributed by atoms with van der Waals surface area (Å²) in [4.78, 5) is 31.6. The molecule has 0 aromatic carbocycles. The van der Waals surface area contributed by atoms with E-state index in [2.05, 4.69) is 4.98 Å². The quantitative estimate of drug-likeness (QED) is 0.410. The van der Waals surface area contributed by atoms with Gasteiger partial charge in [-0.1, -0.05) is 18.7 Å². The molecular weight excluding hydrogens is 422 g/mol. The van der Waals surface area contributed by atoms with Crippen LogP contribution in [0.25, 0.3) is 10.4 Å². The van der Waals surface area contributed by atoms with Crippen molar-refractivity contribution in [3.05, 3.63) is 16.8 Å². The molecule has 4 rings (SSSR count). The number of carboxylic acids is 1. The number of carboxylic acid groups (broad SMARTS) is 1. The summed E-state index contributed by atoms with van der Waals surface area (Å²) in [7, 11) is 0. The highest BCUT2D eigenvalue weighted by molar-refractivity contribution is 7.98. The first-order chi connectivity index (χ1) is 13.2. The second kappa shape index (κ2) is 6.77. The minimum Gasteiger partial charge on any atom is -0.610 e. The van der Waals surface area contributed by atoms with Crippen LogP contribution < -0.4 is 0 Å². The fourth-order valence-corrected chi connectivity index (χ4v) is 6.99. The Morgan fingerprint density at radius 1 is 1.50 bits per heavy atom. The van der Waals surface area contributed by atoms with Crippen molar-refractivity contribution in [1.82, 2.24) is 14.3 Å². The van der Waals surface area contributed by atoms with Crippen LogP contribution in [-0.2, 0) is 20.8 Å². The van der Waals surface area contributed by atoms with Crippen LogP contribution in [0.2, 0.25) is 0 Å². The second-order valence-electron chi connectivity index (χ2n) is 6.95. The summed E-state index contributed by atoms with van der Waals surface area (Å²) in [6, 6.07) is -0.368. The van der Waals surface area contributed by atoms with Gasteiger partial charge in [0.15, 0.2) is 9.99 Å². The van der Waals surface area contributed by atoms with E-state index in [1.54, 1.807) is 19.4 Å². The molecule has 1 amide bonds. The van der Waals surface area contributed by atoms with Crippen LogP contribution in [0.15, 0.2) is 22.1 Å². The number of aromatic nitrogens is 2. The molecule has 2 aliphatic heterocycles. The van der Waals surface area contributed by atoms with E-state index in [-0.39, 0.29) is 23.6 Å². The molecular formula is C17H19N3O5S3. The molecule has 0 spiro atoms. The number of nitrogens with zero attached hydrogens (tertiary/aromatic N) is 3. The van der Waals surface area contributed by atoms with Crippen LogP contribution in [0.4, 0.5) is 0 Å². The Hall–Kier alpha value is -1.53. The van der Waals surface area contributed by atoms with Crippen LogP contribution in [0.5, 0.6) is 0 Å². The number of aliphatic hydroxyl groups is 1. The van der Waals surface area contributed by atoms with Crippen molar-refractivity contribution < 1.29 is 24.4 Å². The van der Waals surface area contributed by atoms with Gasteiger partial charge in [-0.05, 0) is 13.2 Å². The third kappa shape index (κ3) is 2.57. The molecule has 150 valence electrons. The molecule has 4 heterocycles. The summed E-state index contributed by atoms with van der Waals surface area (Å²) >= 11 is 1.46. The first kappa shape index (κ1) is 19.8. The van der Waals surface area contributed by atoms with E-state index >= 15 is 0 Å². The molecule has 11 heteroatoms. The van der Waals surface area contributed by atoms with Crippen molar-refractivity contribution >= 4 is 56.6 Å². The highest BCUT2D eigenvalue weighted by Crippen LogP contribution is 2.51. The van der Waals surface area contributed by atoms with Crippen molar-refractivity contribution in [2.45, 2.75) is 36.2 Å². The predicted octanol–water partition coefficient (Wildman–Crippen LogP) is 1.51. The van der Waals surface area contributed by atoms with E-state index in [9.17, 15) is 24.4 Å². The molecule has 2 aromatic heterocycles. The monoisotopic (exact) mass is 441 g/mol. The van der Waals surface area contributed by atoms with Gasteiger partial charge in [-0.3, -0.25) is 9.20 Å². The Labute approximate surface area is 172 Å². The number of hydrogen-bond acceptors (Lipinski definition) is 7. The van der Waals surface area contributed by atoms with E-state index in [4.69, 9.17) is 0 Å². The Kier molecular flexibility index (Phi) is 4.78. The topological polar surface area (TPSA) is 118 Å². The normalized spacial score (nSPS) is 26.6. The average molecular weight is 442 g/mol. The van der Waals surface area contributed by atoms with Crippen molar-refractivity contribution in [2.75, 3.05) is 12.5 Å². The molecule has 5 atom stereocenters. The fourth-order valence-electron chi connectivity index (χ4n) is 4.18. The summed E-state index contributed by atoms with van der Waals surface area (Å²) in [5, 5.41) is 20.9. The number of carbonyl (C=O) groups is 2. The summed E-state index contributed by atoms with van der Waals surface area (Å²) < 4.78 is 13.9. The molecule has 0 saturated carbocycles. The minimum atomic E-state index is -1.28. The Morgan fingerprint density at radius 3 is 2.71 bits per heavy atom. The van der Waals surface area contributed by atoms with Gasteiger partial charge in [0, 0.05) is 28.9 Å². The van der Waals surface area contributed by atoms with Gasteiger partial charge in [0.1, 0.15) is 12.0 Å². The number of aliphatic hydroxyl groups excluding tert-OH is 1. The number of rotatable bonds is 5. The lowest BCUT2D eigenvalue weighted by atomic mass is 9.77. The summed E-state index contributed by atoms with van der Waals surface area (Å²) in [5.74, 6) is -2.37. The number of aliphatic carboxylic acids is 1. The van der Waals surface area contributed by atoms with Crippen LogP contribution in [0.3, 0.4) is 0 Å². The van der Waals surface area contributed by atoms with Crippen LogP contribution >= 0.6 is 23.1 Å². The van der Waals surface area contributed by atoms with E-state index in [0.29, 0.717) is 25.5 Å².